The zero-order chi connectivity index (χ0) is 17.6. The summed E-state index contributed by atoms with van der Waals surface area (Å²) < 4.78 is 5.02. The van der Waals surface area contributed by atoms with Gasteiger partial charge in [0.25, 0.3) is 0 Å². The van der Waals surface area contributed by atoms with E-state index < -0.39 is 0 Å². The lowest BCUT2D eigenvalue weighted by Gasteiger charge is -2.33. The Morgan fingerprint density at radius 1 is 1.12 bits per heavy atom. The molecule has 1 fully saturated rings. The van der Waals surface area contributed by atoms with E-state index in [1.54, 1.807) is 4.90 Å². The van der Waals surface area contributed by atoms with Gasteiger partial charge in [-0.05, 0) is 49.4 Å². The molecule has 6 nitrogen and oxygen atoms in total. The Morgan fingerprint density at radius 2 is 1.88 bits per heavy atom. The Morgan fingerprint density at radius 3 is 2.64 bits per heavy atom. The normalized spacial score (nSPS) is 17.2. The van der Waals surface area contributed by atoms with Gasteiger partial charge in [0.15, 0.2) is 0 Å². The number of fused-ring (bicyclic) bond motifs is 1. The van der Waals surface area contributed by atoms with Crippen LogP contribution in [-0.2, 0) is 22.4 Å². The van der Waals surface area contributed by atoms with Crippen molar-refractivity contribution in [2.24, 2.45) is 0 Å². The van der Waals surface area contributed by atoms with Crippen LogP contribution in [0.15, 0.2) is 18.2 Å². The molecule has 0 aromatic heterocycles. The van der Waals surface area contributed by atoms with Crippen LogP contribution < -0.4 is 5.32 Å². The van der Waals surface area contributed by atoms with E-state index >= 15 is 0 Å². The Hall–Kier alpha value is -2.08. The molecule has 0 radical (unpaired) electrons. The number of rotatable bonds is 5. The number of hydrogen-bond acceptors (Lipinski definition) is 4. The first kappa shape index (κ1) is 17.7. The minimum absolute atomic E-state index is 0.0470. The van der Waals surface area contributed by atoms with Crippen molar-refractivity contribution in [2.75, 3.05) is 44.6 Å². The minimum atomic E-state index is -0.239. The van der Waals surface area contributed by atoms with Crippen LogP contribution in [0.4, 0.5) is 10.5 Å². The molecule has 1 aliphatic carbocycles. The van der Waals surface area contributed by atoms with Gasteiger partial charge in [-0.3, -0.25) is 9.69 Å². The van der Waals surface area contributed by atoms with Crippen LogP contribution in [0.1, 0.15) is 30.9 Å². The molecule has 1 N–H and O–H groups in total. The van der Waals surface area contributed by atoms with Crippen molar-refractivity contribution >= 4 is 17.7 Å². The van der Waals surface area contributed by atoms with Crippen LogP contribution in [0.5, 0.6) is 0 Å². The average Bonchev–Trinajstić information content (AvgIpc) is 3.08. The van der Waals surface area contributed by atoms with Crippen molar-refractivity contribution in [3.63, 3.8) is 0 Å². The second-order valence-electron chi connectivity index (χ2n) is 6.66. The van der Waals surface area contributed by atoms with Gasteiger partial charge in [0.05, 0.1) is 6.61 Å². The van der Waals surface area contributed by atoms with Crippen LogP contribution in [0, 0.1) is 0 Å². The maximum absolute atomic E-state index is 12.2. The van der Waals surface area contributed by atoms with Crippen molar-refractivity contribution in [2.45, 2.75) is 32.6 Å². The highest BCUT2D eigenvalue weighted by Crippen LogP contribution is 2.24. The number of nitrogens with one attached hydrogen (secondary N) is 1. The third kappa shape index (κ3) is 4.72. The fourth-order valence-electron chi connectivity index (χ4n) is 3.50. The summed E-state index contributed by atoms with van der Waals surface area (Å²) in [6, 6.07) is 6.24. The van der Waals surface area contributed by atoms with Gasteiger partial charge in [0.1, 0.15) is 0 Å². The summed E-state index contributed by atoms with van der Waals surface area (Å²) in [5, 5.41) is 3.00. The lowest BCUT2D eigenvalue weighted by Crippen LogP contribution is -2.49. The van der Waals surface area contributed by atoms with E-state index in [-0.39, 0.29) is 12.0 Å². The van der Waals surface area contributed by atoms with Crippen molar-refractivity contribution in [1.82, 2.24) is 9.80 Å². The molecule has 3 rings (SSSR count). The molecule has 0 spiro atoms. The topological polar surface area (TPSA) is 61.9 Å². The summed E-state index contributed by atoms with van der Waals surface area (Å²) in [4.78, 5) is 27.8. The molecule has 2 amide bonds. The van der Waals surface area contributed by atoms with E-state index in [2.05, 4.69) is 22.3 Å². The van der Waals surface area contributed by atoms with Gasteiger partial charge >= 0.3 is 6.09 Å². The van der Waals surface area contributed by atoms with Crippen molar-refractivity contribution < 1.29 is 14.3 Å². The van der Waals surface area contributed by atoms with Gasteiger partial charge in [-0.25, -0.2) is 4.79 Å². The lowest BCUT2D eigenvalue weighted by atomic mass is 10.1. The Bertz CT molecular complexity index is 624. The number of nitrogens with zero attached hydrogens (tertiary/aromatic N) is 2. The molecule has 0 unspecified atom stereocenters. The summed E-state index contributed by atoms with van der Waals surface area (Å²) in [6.45, 7) is 5.82. The summed E-state index contributed by atoms with van der Waals surface area (Å²) in [5.74, 6) is 0.0470. The zero-order valence-corrected chi connectivity index (χ0v) is 14.9. The highest BCUT2D eigenvalue weighted by Gasteiger charge is 2.22. The smallest absolute Gasteiger partial charge is 0.409 e. The van der Waals surface area contributed by atoms with Gasteiger partial charge in [-0.15, -0.1) is 0 Å². The largest absolute Gasteiger partial charge is 0.450 e. The fraction of sp³-hybridized carbons (Fsp3) is 0.579. The van der Waals surface area contributed by atoms with E-state index in [1.165, 1.54) is 17.5 Å². The number of ether oxygens (including phenoxy) is 1. The molecule has 136 valence electrons. The van der Waals surface area contributed by atoms with Gasteiger partial charge < -0.3 is 15.0 Å². The van der Waals surface area contributed by atoms with Gasteiger partial charge in [0.2, 0.25) is 5.91 Å². The second-order valence-corrected chi connectivity index (χ2v) is 6.66. The van der Waals surface area contributed by atoms with Gasteiger partial charge in [0, 0.05) is 44.8 Å². The van der Waals surface area contributed by atoms with Crippen LogP contribution in [-0.4, -0.2) is 61.1 Å². The molecule has 1 saturated heterocycles. The highest BCUT2D eigenvalue weighted by molar-refractivity contribution is 5.91. The molecule has 0 bridgehead atoms. The molecule has 0 saturated carbocycles. The molecule has 25 heavy (non-hydrogen) atoms. The summed E-state index contributed by atoms with van der Waals surface area (Å²) >= 11 is 0. The molecule has 0 atom stereocenters. The molecule has 1 heterocycles. The summed E-state index contributed by atoms with van der Waals surface area (Å²) in [7, 11) is 0. The number of carbonyl (C=O) groups is 2. The number of piperazine rings is 1. The quantitative estimate of drug-likeness (QED) is 0.889. The Kier molecular flexibility index (Phi) is 5.91. The number of aryl methyl sites for hydroxylation is 2. The van der Waals surface area contributed by atoms with E-state index in [9.17, 15) is 9.59 Å². The number of hydrogen-bond donors (Lipinski definition) is 1. The monoisotopic (exact) mass is 345 g/mol. The molecule has 1 aromatic carbocycles. The second kappa shape index (κ2) is 8.34. The van der Waals surface area contributed by atoms with Crippen molar-refractivity contribution in [3.8, 4) is 0 Å². The van der Waals surface area contributed by atoms with Crippen molar-refractivity contribution in [1.29, 1.82) is 0 Å². The third-order valence-electron chi connectivity index (χ3n) is 4.94. The standard InChI is InChI=1S/C19H27N3O3/c1-2-25-19(24)22-12-10-21(11-13-22)9-8-18(23)20-17-7-6-15-4-3-5-16(15)14-17/h6-7,14H,2-5,8-13H2,1H3,(H,20,23). The van der Waals surface area contributed by atoms with E-state index in [1.807, 2.05) is 13.0 Å². The van der Waals surface area contributed by atoms with Gasteiger partial charge in [-0.1, -0.05) is 6.07 Å². The molecular formula is C19H27N3O3. The van der Waals surface area contributed by atoms with Crippen molar-refractivity contribution in [3.05, 3.63) is 29.3 Å². The maximum atomic E-state index is 12.2. The number of amides is 2. The zero-order valence-electron chi connectivity index (χ0n) is 14.9. The predicted octanol–water partition coefficient (Wildman–Crippen LogP) is 2.28. The number of benzene rings is 1. The average molecular weight is 345 g/mol. The van der Waals surface area contributed by atoms with E-state index in [4.69, 9.17) is 4.74 Å². The molecule has 2 aliphatic rings. The summed E-state index contributed by atoms with van der Waals surface area (Å²) in [6.07, 6.45) is 3.71. The van der Waals surface area contributed by atoms with Crippen LogP contribution in [0.2, 0.25) is 0 Å². The third-order valence-corrected chi connectivity index (χ3v) is 4.94. The highest BCUT2D eigenvalue weighted by atomic mass is 16.6. The minimum Gasteiger partial charge on any atom is -0.450 e. The first-order valence-electron chi connectivity index (χ1n) is 9.21. The molecule has 1 aromatic rings. The SMILES string of the molecule is CCOC(=O)N1CCN(CCC(=O)Nc2ccc3c(c2)CCC3)CC1. The Balaban J connectivity index is 1.39. The van der Waals surface area contributed by atoms with E-state index in [0.29, 0.717) is 32.7 Å². The first-order valence-corrected chi connectivity index (χ1v) is 9.21. The Labute approximate surface area is 149 Å². The lowest BCUT2D eigenvalue weighted by molar-refractivity contribution is -0.116. The molecule has 6 heteroatoms. The predicted molar refractivity (Wildman–Crippen MR) is 96.7 cm³/mol. The fourth-order valence-corrected chi connectivity index (χ4v) is 3.50. The maximum Gasteiger partial charge on any atom is 0.409 e. The van der Waals surface area contributed by atoms with Crippen LogP contribution in [0.3, 0.4) is 0 Å². The van der Waals surface area contributed by atoms with E-state index in [0.717, 1.165) is 31.6 Å². The van der Waals surface area contributed by atoms with Gasteiger partial charge in [-0.2, -0.15) is 0 Å². The first-order chi connectivity index (χ1) is 12.2. The summed E-state index contributed by atoms with van der Waals surface area (Å²) in [5.41, 5.74) is 3.68. The molecular weight excluding hydrogens is 318 g/mol. The van der Waals surface area contributed by atoms with Crippen LogP contribution in [0.25, 0.3) is 0 Å². The molecule has 1 aliphatic heterocycles. The number of carbonyl (C=O) groups excluding carboxylic acids is 2. The van der Waals surface area contributed by atoms with Crippen LogP contribution >= 0.6 is 0 Å². The number of anilines is 1.